The van der Waals surface area contributed by atoms with Crippen molar-refractivity contribution in [3.63, 3.8) is 0 Å². The molecule has 1 aromatic carbocycles. The van der Waals surface area contributed by atoms with Gasteiger partial charge in [-0.05, 0) is 32.5 Å². The van der Waals surface area contributed by atoms with Crippen LogP contribution >= 0.6 is 0 Å². The van der Waals surface area contributed by atoms with E-state index in [0.29, 0.717) is 18.2 Å². The minimum atomic E-state index is -0.235. The molecule has 0 amide bonds. The van der Waals surface area contributed by atoms with E-state index in [1.54, 1.807) is 6.20 Å². The Morgan fingerprint density at radius 3 is 3.10 bits per heavy atom. The van der Waals surface area contributed by atoms with Crippen molar-refractivity contribution in [3.8, 4) is 0 Å². The summed E-state index contributed by atoms with van der Waals surface area (Å²) in [5.41, 5.74) is 1.59. The van der Waals surface area contributed by atoms with Gasteiger partial charge in [0.15, 0.2) is 0 Å². The molecule has 1 atom stereocenters. The van der Waals surface area contributed by atoms with E-state index in [-0.39, 0.29) is 5.97 Å². The molecule has 0 saturated carbocycles. The molecule has 1 fully saturated rings. The number of carbonyl (C=O) groups is 1. The molecule has 2 heterocycles. The number of esters is 1. The molecule has 2 aromatic rings. The average Bonchev–Trinajstić information content (AvgIpc) is 2.90. The molecule has 3 rings (SSSR count). The van der Waals surface area contributed by atoms with Gasteiger partial charge in [0.2, 0.25) is 0 Å². The number of aromatic amines is 1. The molecule has 0 aliphatic carbocycles. The number of fused-ring (bicyclic) bond motifs is 1. The SMILES string of the molecule is CN1CCCC[C@H]1COC(=O)c1c[nH]c2ccccc12. The summed E-state index contributed by atoms with van der Waals surface area (Å²) in [6.45, 7) is 1.57. The van der Waals surface area contributed by atoms with Crippen LogP contribution in [-0.2, 0) is 4.74 Å². The summed E-state index contributed by atoms with van der Waals surface area (Å²) in [7, 11) is 2.10. The number of nitrogens with zero attached hydrogens (tertiary/aromatic N) is 1. The number of benzene rings is 1. The van der Waals surface area contributed by atoms with Gasteiger partial charge in [-0.2, -0.15) is 0 Å². The van der Waals surface area contributed by atoms with Crippen molar-refractivity contribution in [2.24, 2.45) is 0 Å². The van der Waals surface area contributed by atoms with Crippen molar-refractivity contribution in [1.29, 1.82) is 0 Å². The van der Waals surface area contributed by atoms with E-state index in [4.69, 9.17) is 4.74 Å². The zero-order valence-electron chi connectivity index (χ0n) is 11.8. The van der Waals surface area contributed by atoms with Crippen LogP contribution in [0.15, 0.2) is 30.5 Å². The zero-order valence-corrected chi connectivity index (χ0v) is 11.8. The van der Waals surface area contributed by atoms with Gasteiger partial charge in [0, 0.05) is 23.1 Å². The number of hydrogen-bond acceptors (Lipinski definition) is 3. The third-order valence-electron chi connectivity index (χ3n) is 4.14. The number of H-pyrrole nitrogens is 1. The second-order valence-corrected chi connectivity index (χ2v) is 5.48. The van der Waals surface area contributed by atoms with Crippen LogP contribution in [0.3, 0.4) is 0 Å². The quantitative estimate of drug-likeness (QED) is 0.874. The molecule has 0 spiro atoms. The van der Waals surface area contributed by atoms with Gasteiger partial charge < -0.3 is 14.6 Å². The van der Waals surface area contributed by atoms with E-state index in [1.165, 1.54) is 12.8 Å². The van der Waals surface area contributed by atoms with Crippen molar-refractivity contribution in [2.75, 3.05) is 20.2 Å². The summed E-state index contributed by atoms with van der Waals surface area (Å²) >= 11 is 0. The van der Waals surface area contributed by atoms with E-state index in [1.807, 2.05) is 24.3 Å². The summed E-state index contributed by atoms with van der Waals surface area (Å²) in [4.78, 5) is 17.6. The van der Waals surface area contributed by atoms with E-state index < -0.39 is 0 Å². The Balaban J connectivity index is 1.67. The number of likely N-dealkylation sites (tertiary alicyclic amines) is 1. The molecule has 20 heavy (non-hydrogen) atoms. The van der Waals surface area contributed by atoms with Gasteiger partial charge in [0.05, 0.1) is 5.56 Å². The van der Waals surface area contributed by atoms with Crippen molar-refractivity contribution in [2.45, 2.75) is 25.3 Å². The van der Waals surface area contributed by atoms with Gasteiger partial charge >= 0.3 is 5.97 Å². The van der Waals surface area contributed by atoms with Gasteiger partial charge in [-0.25, -0.2) is 4.79 Å². The third-order valence-corrected chi connectivity index (χ3v) is 4.14. The summed E-state index contributed by atoms with van der Waals surface area (Å²) < 4.78 is 5.50. The largest absolute Gasteiger partial charge is 0.460 e. The van der Waals surface area contributed by atoms with Crippen LogP contribution in [0.25, 0.3) is 10.9 Å². The molecule has 1 N–H and O–H groups in total. The van der Waals surface area contributed by atoms with Crippen LogP contribution in [0.1, 0.15) is 29.6 Å². The highest BCUT2D eigenvalue weighted by molar-refractivity contribution is 6.03. The van der Waals surface area contributed by atoms with Crippen molar-refractivity contribution < 1.29 is 9.53 Å². The molecule has 0 unspecified atom stereocenters. The molecule has 1 saturated heterocycles. The van der Waals surface area contributed by atoms with Crippen LogP contribution < -0.4 is 0 Å². The van der Waals surface area contributed by atoms with Gasteiger partial charge in [0.25, 0.3) is 0 Å². The molecule has 1 aromatic heterocycles. The van der Waals surface area contributed by atoms with Gasteiger partial charge in [-0.15, -0.1) is 0 Å². The number of para-hydroxylation sites is 1. The smallest absolute Gasteiger partial charge is 0.340 e. The first-order chi connectivity index (χ1) is 9.75. The lowest BCUT2D eigenvalue weighted by molar-refractivity contribution is 0.0330. The Morgan fingerprint density at radius 1 is 1.40 bits per heavy atom. The Bertz CT molecular complexity index is 605. The van der Waals surface area contributed by atoms with E-state index in [0.717, 1.165) is 23.9 Å². The third kappa shape index (κ3) is 2.56. The molecular formula is C16H20N2O2. The number of carbonyl (C=O) groups excluding carboxylic acids is 1. The predicted octanol–water partition coefficient (Wildman–Crippen LogP) is 2.81. The number of aromatic nitrogens is 1. The number of nitrogens with one attached hydrogen (secondary N) is 1. The fourth-order valence-corrected chi connectivity index (χ4v) is 2.84. The van der Waals surface area contributed by atoms with Crippen LogP contribution in [0, 0.1) is 0 Å². The van der Waals surface area contributed by atoms with E-state index in [2.05, 4.69) is 16.9 Å². The Hall–Kier alpha value is -1.81. The number of likely N-dealkylation sites (N-methyl/N-ethyl adjacent to an activating group) is 1. The minimum Gasteiger partial charge on any atom is -0.460 e. The molecule has 4 nitrogen and oxygen atoms in total. The highest BCUT2D eigenvalue weighted by Crippen LogP contribution is 2.20. The molecule has 1 aliphatic rings. The Morgan fingerprint density at radius 2 is 2.25 bits per heavy atom. The van der Waals surface area contributed by atoms with E-state index >= 15 is 0 Å². The highest BCUT2D eigenvalue weighted by Gasteiger charge is 2.21. The lowest BCUT2D eigenvalue weighted by atomic mass is 10.0. The summed E-state index contributed by atoms with van der Waals surface area (Å²) in [6.07, 6.45) is 5.30. The van der Waals surface area contributed by atoms with E-state index in [9.17, 15) is 4.79 Å². The Labute approximate surface area is 118 Å². The first-order valence-corrected chi connectivity index (χ1v) is 7.19. The average molecular weight is 272 g/mol. The number of piperidine rings is 1. The normalized spacial score (nSPS) is 20.1. The number of ether oxygens (including phenoxy) is 1. The van der Waals surface area contributed by atoms with Gasteiger partial charge in [-0.3, -0.25) is 0 Å². The summed E-state index contributed by atoms with van der Waals surface area (Å²) in [5.74, 6) is -0.235. The molecule has 1 aliphatic heterocycles. The fraction of sp³-hybridized carbons (Fsp3) is 0.438. The van der Waals surface area contributed by atoms with Crippen molar-refractivity contribution in [1.82, 2.24) is 9.88 Å². The van der Waals surface area contributed by atoms with Crippen molar-refractivity contribution in [3.05, 3.63) is 36.0 Å². The molecule has 0 radical (unpaired) electrons. The maximum atomic E-state index is 12.2. The fourth-order valence-electron chi connectivity index (χ4n) is 2.84. The monoisotopic (exact) mass is 272 g/mol. The van der Waals surface area contributed by atoms with Crippen LogP contribution in [-0.4, -0.2) is 42.1 Å². The van der Waals surface area contributed by atoms with Gasteiger partial charge in [0.1, 0.15) is 6.61 Å². The van der Waals surface area contributed by atoms with Crippen LogP contribution in [0.5, 0.6) is 0 Å². The maximum Gasteiger partial charge on any atom is 0.340 e. The Kier molecular flexibility index (Phi) is 3.74. The molecule has 4 heteroatoms. The molecule has 106 valence electrons. The minimum absolute atomic E-state index is 0.235. The first-order valence-electron chi connectivity index (χ1n) is 7.19. The molecular weight excluding hydrogens is 252 g/mol. The predicted molar refractivity (Wildman–Crippen MR) is 78.9 cm³/mol. The second-order valence-electron chi connectivity index (χ2n) is 5.48. The van der Waals surface area contributed by atoms with Crippen molar-refractivity contribution >= 4 is 16.9 Å². The lowest BCUT2D eigenvalue weighted by Crippen LogP contribution is -2.39. The highest BCUT2D eigenvalue weighted by atomic mass is 16.5. The maximum absolute atomic E-state index is 12.2. The topological polar surface area (TPSA) is 45.3 Å². The van der Waals surface area contributed by atoms with Crippen LogP contribution in [0.4, 0.5) is 0 Å². The lowest BCUT2D eigenvalue weighted by Gasteiger charge is -2.31. The second kappa shape index (κ2) is 5.67. The first kappa shape index (κ1) is 13.2. The van der Waals surface area contributed by atoms with Crippen LogP contribution in [0.2, 0.25) is 0 Å². The number of rotatable bonds is 3. The summed E-state index contributed by atoms with van der Waals surface area (Å²) in [6, 6.07) is 8.14. The zero-order chi connectivity index (χ0) is 13.9. The number of hydrogen-bond donors (Lipinski definition) is 1. The molecule has 0 bridgehead atoms. The standard InChI is InChI=1S/C16H20N2O2/c1-18-9-5-4-6-12(18)11-20-16(19)14-10-17-15-8-3-2-7-13(14)15/h2-3,7-8,10,12,17H,4-6,9,11H2,1H3/t12-/m0/s1. The summed E-state index contributed by atoms with van der Waals surface area (Å²) in [5, 5.41) is 0.925. The van der Waals surface area contributed by atoms with Gasteiger partial charge in [-0.1, -0.05) is 24.6 Å².